The number of nitrogens with one attached hydrogen (secondary N) is 1. The average molecular weight is 418 g/mol. The van der Waals surface area contributed by atoms with E-state index >= 15 is 0 Å². The lowest BCUT2D eigenvalue weighted by Gasteiger charge is -2.16. The molecule has 0 saturated carbocycles. The number of nitrogens with zero attached hydrogens (tertiary/aromatic N) is 3. The van der Waals surface area contributed by atoms with Gasteiger partial charge in [-0.25, -0.2) is 9.97 Å². The Morgan fingerprint density at radius 2 is 2.00 bits per heavy atom. The zero-order valence-corrected chi connectivity index (χ0v) is 17.6. The topological polar surface area (TPSA) is 72.6 Å². The zero-order valence-electron chi connectivity index (χ0n) is 17.6. The van der Waals surface area contributed by atoms with Crippen LogP contribution < -0.4 is 14.8 Å². The Kier molecular flexibility index (Phi) is 5.58. The van der Waals surface area contributed by atoms with Crippen molar-refractivity contribution in [3.8, 4) is 11.5 Å². The van der Waals surface area contributed by atoms with Gasteiger partial charge in [-0.15, -0.1) is 0 Å². The number of hydrogen-bond donors (Lipinski definition) is 1. The molecule has 0 aliphatic carbocycles. The molecule has 1 fully saturated rings. The number of rotatable bonds is 8. The molecule has 7 nitrogen and oxygen atoms in total. The molecule has 1 saturated heterocycles. The largest absolute Gasteiger partial charge is 0.493 e. The Morgan fingerprint density at radius 3 is 2.87 bits per heavy atom. The van der Waals surface area contributed by atoms with E-state index < -0.39 is 0 Å². The van der Waals surface area contributed by atoms with Crippen molar-refractivity contribution in [1.29, 1.82) is 0 Å². The number of fused-ring (bicyclic) bond motifs is 2. The molecule has 1 aliphatic heterocycles. The van der Waals surface area contributed by atoms with Crippen LogP contribution in [-0.4, -0.2) is 48.2 Å². The van der Waals surface area contributed by atoms with Crippen molar-refractivity contribution >= 4 is 33.4 Å². The molecule has 2 aromatic carbocycles. The number of likely N-dealkylation sites (tertiary alicyclic amines) is 1. The highest BCUT2D eigenvalue weighted by molar-refractivity contribution is 5.97. The maximum absolute atomic E-state index is 6.05. The fraction of sp³-hybridized carbons (Fsp3) is 0.333. The van der Waals surface area contributed by atoms with Gasteiger partial charge in [0, 0.05) is 23.4 Å². The Hall–Kier alpha value is -3.32. The van der Waals surface area contributed by atoms with E-state index in [1.54, 1.807) is 19.7 Å². The van der Waals surface area contributed by atoms with Crippen LogP contribution >= 0.6 is 0 Å². The summed E-state index contributed by atoms with van der Waals surface area (Å²) in [6, 6.07) is 11.8. The van der Waals surface area contributed by atoms with Gasteiger partial charge < -0.3 is 24.1 Å². The lowest BCUT2D eigenvalue weighted by molar-refractivity contribution is 0.254. The summed E-state index contributed by atoms with van der Waals surface area (Å²) in [6.07, 6.45) is 6.85. The SMILES string of the molecule is COc1cc2c(Nc3cccc4ccoc34)ncnc2cc1OCCCN1CCCC1. The Morgan fingerprint density at radius 1 is 1.10 bits per heavy atom. The van der Waals surface area contributed by atoms with E-state index in [0.717, 1.165) is 40.5 Å². The quantitative estimate of drug-likeness (QED) is 0.404. The molecule has 31 heavy (non-hydrogen) atoms. The molecule has 0 bridgehead atoms. The van der Waals surface area contributed by atoms with E-state index in [-0.39, 0.29) is 0 Å². The number of furan rings is 1. The van der Waals surface area contributed by atoms with Crippen LogP contribution in [0.4, 0.5) is 11.5 Å². The molecule has 1 N–H and O–H groups in total. The molecule has 0 atom stereocenters. The number of para-hydroxylation sites is 1. The van der Waals surface area contributed by atoms with Crippen molar-refractivity contribution in [3.05, 3.63) is 49.0 Å². The van der Waals surface area contributed by atoms with Crippen molar-refractivity contribution in [2.45, 2.75) is 19.3 Å². The zero-order chi connectivity index (χ0) is 21.0. The van der Waals surface area contributed by atoms with Crippen LogP contribution in [-0.2, 0) is 0 Å². The minimum Gasteiger partial charge on any atom is -0.493 e. The molecule has 0 amide bonds. The van der Waals surface area contributed by atoms with Gasteiger partial charge in [0.1, 0.15) is 12.1 Å². The smallest absolute Gasteiger partial charge is 0.163 e. The van der Waals surface area contributed by atoms with Gasteiger partial charge in [0.25, 0.3) is 0 Å². The minimum absolute atomic E-state index is 0.648. The highest BCUT2D eigenvalue weighted by Crippen LogP contribution is 2.35. The first-order chi connectivity index (χ1) is 15.3. The Balaban J connectivity index is 1.37. The predicted octanol–water partition coefficient (Wildman–Crippen LogP) is 4.99. The van der Waals surface area contributed by atoms with Crippen molar-refractivity contribution in [2.24, 2.45) is 0 Å². The molecule has 0 radical (unpaired) electrons. The second-order valence-corrected chi connectivity index (χ2v) is 7.76. The third kappa shape index (κ3) is 4.14. The number of ether oxygens (including phenoxy) is 2. The number of aromatic nitrogens is 2. The first-order valence-electron chi connectivity index (χ1n) is 10.7. The van der Waals surface area contributed by atoms with Gasteiger partial charge in [0.05, 0.1) is 31.2 Å². The predicted molar refractivity (Wildman–Crippen MR) is 121 cm³/mol. The standard InChI is InChI=1S/C24H26N4O3/c1-29-21-14-18-20(15-22(21)30-12-5-11-28-9-2-3-10-28)25-16-26-24(18)27-19-7-4-6-17-8-13-31-23(17)19/h4,6-8,13-16H,2-3,5,9-12H2,1H3,(H,25,26,27). The number of hydrogen-bond acceptors (Lipinski definition) is 7. The molecule has 7 heteroatoms. The van der Waals surface area contributed by atoms with Gasteiger partial charge in [-0.05, 0) is 50.6 Å². The summed E-state index contributed by atoms with van der Waals surface area (Å²) < 4.78 is 17.3. The highest BCUT2D eigenvalue weighted by Gasteiger charge is 2.14. The summed E-state index contributed by atoms with van der Waals surface area (Å²) in [4.78, 5) is 11.4. The van der Waals surface area contributed by atoms with Crippen LogP contribution in [0.25, 0.3) is 21.9 Å². The van der Waals surface area contributed by atoms with E-state index in [0.29, 0.717) is 23.9 Å². The van der Waals surface area contributed by atoms with E-state index in [1.165, 1.54) is 25.9 Å². The number of benzene rings is 2. The van der Waals surface area contributed by atoms with Crippen LogP contribution in [0.2, 0.25) is 0 Å². The third-order valence-corrected chi connectivity index (χ3v) is 5.73. The summed E-state index contributed by atoms with van der Waals surface area (Å²) in [7, 11) is 1.65. The molecule has 2 aromatic heterocycles. The molecular formula is C24H26N4O3. The molecule has 4 aromatic rings. The summed E-state index contributed by atoms with van der Waals surface area (Å²) in [6.45, 7) is 4.13. The molecule has 0 spiro atoms. The maximum Gasteiger partial charge on any atom is 0.163 e. The molecular weight excluding hydrogens is 392 g/mol. The summed E-state index contributed by atoms with van der Waals surface area (Å²) in [5, 5.41) is 5.27. The van der Waals surface area contributed by atoms with Crippen molar-refractivity contribution in [3.63, 3.8) is 0 Å². The lowest BCUT2D eigenvalue weighted by atomic mass is 10.2. The van der Waals surface area contributed by atoms with Gasteiger partial charge in [0.15, 0.2) is 17.1 Å². The van der Waals surface area contributed by atoms with E-state index in [9.17, 15) is 0 Å². The van der Waals surface area contributed by atoms with Crippen LogP contribution in [0.15, 0.2) is 53.4 Å². The second kappa shape index (κ2) is 8.81. The van der Waals surface area contributed by atoms with Crippen molar-refractivity contribution in [2.75, 3.05) is 38.7 Å². The molecule has 0 unspecified atom stereocenters. The van der Waals surface area contributed by atoms with Crippen LogP contribution in [0.1, 0.15) is 19.3 Å². The Bertz CT molecular complexity index is 1180. The maximum atomic E-state index is 6.05. The third-order valence-electron chi connectivity index (χ3n) is 5.73. The summed E-state index contributed by atoms with van der Waals surface area (Å²) in [5.41, 5.74) is 2.43. The van der Waals surface area contributed by atoms with Gasteiger partial charge in [-0.2, -0.15) is 0 Å². The van der Waals surface area contributed by atoms with Gasteiger partial charge in [0.2, 0.25) is 0 Å². The first-order valence-corrected chi connectivity index (χ1v) is 10.7. The summed E-state index contributed by atoms with van der Waals surface area (Å²) in [5.74, 6) is 2.06. The molecule has 5 rings (SSSR count). The highest BCUT2D eigenvalue weighted by atomic mass is 16.5. The minimum atomic E-state index is 0.648. The number of anilines is 2. The van der Waals surface area contributed by atoms with Gasteiger partial charge in [-0.1, -0.05) is 12.1 Å². The Labute approximate surface area is 181 Å². The van der Waals surface area contributed by atoms with E-state index in [1.807, 2.05) is 36.4 Å². The number of methoxy groups -OCH3 is 1. The van der Waals surface area contributed by atoms with Crippen LogP contribution in [0, 0.1) is 0 Å². The first kappa shape index (κ1) is 19.6. The monoisotopic (exact) mass is 418 g/mol. The van der Waals surface area contributed by atoms with Crippen LogP contribution in [0.5, 0.6) is 11.5 Å². The summed E-state index contributed by atoms with van der Waals surface area (Å²) >= 11 is 0. The molecule has 1 aliphatic rings. The molecule has 160 valence electrons. The second-order valence-electron chi connectivity index (χ2n) is 7.76. The fourth-order valence-corrected chi connectivity index (χ4v) is 4.13. The lowest BCUT2D eigenvalue weighted by Crippen LogP contribution is -2.21. The van der Waals surface area contributed by atoms with Crippen molar-refractivity contribution in [1.82, 2.24) is 14.9 Å². The fourth-order valence-electron chi connectivity index (χ4n) is 4.13. The normalized spacial score (nSPS) is 14.4. The van der Waals surface area contributed by atoms with Crippen LogP contribution in [0.3, 0.4) is 0 Å². The average Bonchev–Trinajstić information content (AvgIpc) is 3.49. The van der Waals surface area contributed by atoms with E-state index in [2.05, 4.69) is 20.2 Å². The van der Waals surface area contributed by atoms with Gasteiger partial charge >= 0.3 is 0 Å². The molecule has 3 heterocycles. The van der Waals surface area contributed by atoms with Crippen molar-refractivity contribution < 1.29 is 13.9 Å². The van der Waals surface area contributed by atoms with Gasteiger partial charge in [-0.3, -0.25) is 0 Å². The van der Waals surface area contributed by atoms with E-state index in [4.69, 9.17) is 13.9 Å².